The molecule has 4 nitrogen and oxygen atoms in total. The molecule has 3 rings (SSSR count). The molecule has 0 fully saturated rings. The van der Waals surface area contributed by atoms with Gasteiger partial charge in [-0.3, -0.25) is 4.79 Å². The van der Waals surface area contributed by atoms with E-state index >= 15 is 0 Å². The summed E-state index contributed by atoms with van der Waals surface area (Å²) >= 11 is 0. The van der Waals surface area contributed by atoms with Crippen molar-refractivity contribution >= 4 is 16.9 Å². The average Bonchev–Trinajstić information content (AvgIpc) is 2.99. The number of carbonyl (C=O) groups excluding carboxylic acids is 1. The van der Waals surface area contributed by atoms with E-state index in [0.717, 1.165) is 10.9 Å². The van der Waals surface area contributed by atoms with Crippen LogP contribution in [0.1, 0.15) is 29.1 Å². The van der Waals surface area contributed by atoms with Gasteiger partial charge in [-0.15, -0.1) is 0 Å². The lowest BCUT2D eigenvalue weighted by molar-refractivity contribution is 0.0914. The van der Waals surface area contributed by atoms with E-state index in [0.29, 0.717) is 11.3 Å². The maximum absolute atomic E-state index is 12.4. The molecule has 3 aromatic rings. The Bertz CT molecular complexity index is 792. The van der Waals surface area contributed by atoms with Gasteiger partial charge in [0, 0.05) is 5.39 Å². The Labute approximate surface area is 128 Å². The normalized spacial score (nSPS) is 12.1. The highest BCUT2D eigenvalue weighted by atomic mass is 16.5. The number of fused-ring (bicyclic) bond motifs is 1. The summed E-state index contributed by atoms with van der Waals surface area (Å²) in [5.41, 5.74) is 1.63. The first-order chi connectivity index (χ1) is 10.7. The third-order valence-corrected chi connectivity index (χ3v) is 3.60. The summed E-state index contributed by atoms with van der Waals surface area (Å²) in [6.45, 7) is 1.94. The van der Waals surface area contributed by atoms with Crippen LogP contribution in [0, 0.1) is 0 Å². The Morgan fingerprint density at radius 2 is 1.91 bits per heavy atom. The van der Waals surface area contributed by atoms with Crippen LogP contribution in [0.15, 0.2) is 59.0 Å². The molecule has 0 unspecified atom stereocenters. The van der Waals surface area contributed by atoms with Crippen LogP contribution in [0.4, 0.5) is 0 Å². The first-order valence-electron chi connectivity index (χ1n) is 7.11. The first-order valence-corrected chi connectivity index (χ1v) is 7.11. The number of rotatable bonds is 4. The van der Waals surface area contributed by atoms with Gasteiger partial charge < -0.3 is 14.5 Å². The van der Waals surface area contributed by atoms with Crippen LogP contribution in [0.3, 0.4) is 0 Å². The van der Waals surface area contributed by atoms with Gasteiger partial charge in [-0.25, -0.2) is 0 Å². The Balaban J connectivity index is 1.83. The predicted octanol–water partition coefficient (Wildman–Crippen LogP) is 3.93. The number of benzene rings is 2. The molecule has 0 aliphatic heterocycles. The highest BCUT2D eigenvalue weighted by Gasteiger charge is 2.17. The molecular formula is C18H17NO3. The van der Waals surface area contributed by atoms with Crippen molar-refractivity contribution in [1.82, 2.24) is 5.32 Å². The Morgan fingerprint density at radius 1 is 1.14 bits per heavy atom. The van der Waals surface area contributed by atoms with E-state index in [1.54, 1.807) is 19.2 Å². The summed E-state index contributed by atoms with van der Waals surface area (Å²) in [5, 5.41) is 3.78. The minimum absolute atomic E-state index is 0.0937. The molecule has 2 aromatic carbocycles. The molecule has 0 spiro atoms. The Kier molecular flexibility index (Phi) is 3.83. The molecule has 0 saturated heterocycles. The van der Waals surface area contributed by atoms with Gasteiger partial charge in [0.2, 0.25) is 0 Å². The minimum Gasteiger partial charge on any atom is -0.493 e. The van der Waals surface area contributed by atoms with Crippen molar-refractivity contribution in [2.45, 2.75) is 13.0 Å². The van der Waals surface area contributed by atoms with Crippen molar-refractivity contribution in [2.24, 2.45) is 0 Å². The number of carbonyl (C=O) groups is 1. The lowest BCUT2D eigenvalue weighted by Gasteiger charge is -2.12. The van der Waals surface area contributed by atoms with Gasteiger partial charge in [0.05, 0.1) is 13.2 Å². The lowest BCUT2D eigenvalue weighted by Crippen LogP contribution is -2.26. The quantitative estimate of drug-likeness (QED) is 0.793. The SMILES string of the molecule is COc1cccc2cc(C(=O)N[C@@H](C)c3ccccc3)oc12. The topological polar surface area (TPSA) is 51.5 Å². The van der Waals surface area contributed by atoms with E-state index in [1.807, 2.05) is 49.4 Å². The third kappa shape index (κ3) is 2.68. The largest absolute Gasteiger partial charge is 0.493 e. The van der Waals surface area contributed by atoms with Crippen LogP contribution >= 0.6 is 0 Å². The Morgan fingerprint density at radius 3 is 2.64 bits per heavy atom. The van der Waals surface area contributed by atoms with Crippen molar-refractivity contribution in [1.29, 1.82) is 0 Å². The number of ether oxygens (including phenoxy) is 1. The molecular weight excluding hydrogens is 278 g/mol. The van der Waals surface area contributed by atoms with E-state index in [1.165, 1.54) is 0 Å². The fourth-order valence-electron chi connectivity index (χ4n) is 2.40. The third-order valence-electron chi connectivity index (χ3n) is 3.60. The van der Waals surface area contributed by atoms with Gasteiger partial charge in [-0.1, -0.05) is 42.5 Å². The molecule has 1 atom stereocenters. The number of furan rings is 1. The van der Waals surface area contributed by atoms with Crippen LogP contribution in [-0.2, 0) is 0 Å². The van der Waals surface area contributed by atoms with Crippen molar-refractivity contribution in [2.75, 3.05) is 7.11 Å². The molecule has 0 aliphatic rings. The molecule has 1 aromatic heterocycles. The van der Waals surface area contributed by atoms with Crippen LogP contribution in [-0.4, -0.2) is 13.0 Å². The van der Waals surface area contributed by atoms with Gasteiger partial charge in [-0.2, -0.15) is 0 Å². The number of amides is 1. The number of nitrogens with one attached hydrogen (secondary N) is 1. The van der Waals surface area contributed by atoms with Crippen LogP contribution < -0.4 is 10.1 Å². The lowest BCUT2D eigenvalue weighted by atomic mass is 10.1. The van der Waals surface area contributed by atoms with Crippen LogP contribution in [0.25, 0.3) is 11.0 Å². The molecule has 0 bridgehead atoms. The number of methoxy groups -OCH3 is 1. The second kappa shape index (κ2) is 5.93. The molecule has 1 amide bonds. The zero-order chi connectivity index (χ0) is 15.5. The average molecular weight is 295 g/mol. The minimum atomic E-state index is -0.241. The van der Waals surface area contributed by atoms with Crippen LogP contribution in [0.2, 0.25) is 0 Å². The smallest absolute Gasteiger partial charge is 0.287 e. The van der Waals surface area contributed by atoms with E-state index in [4.69, 9.17) is 9.15 Å². The molecule has 0 saturated carbocycles. The molecule has 112 valence electrons. The molecule has 0 radical (unpaired) electrons. The highest BCUT2D eigenvalue weighted by Crippen LogP contribution is 2.28. The van der Waals surface area contributed by atoms with E-state index in [2.05, 4.69) is 5.32 Å². The van der Waals surface area contributed by atoms with E-state index in [9.17, 15) is 4.79 Å². The molecule has 1 heterocycles. The monoisotopic (exact) mass is 295 g/mol. The highest BCUT2D eigenvalue weighted by molar-refractivity contribution is 5.97. The Hall–Kier alpha value is -2.75. The maximum Gasteiger partial charge on any atom is 0.287 e. The van der Waals surface area contributed by atoms with Crippen molar-refractivity contribution < 1.29 is 13.9 Å². The molecule has 22 heavy (non-hydrogen) atoms. The van der Waals surface area contributed by atoms with Gasteiger partial charge >= 0.3 is 0 Å². The summed E-state index contributed by atoms with van der Waals surface area (Å²) in [4.78, 5) is 12.4. The van der Waals surface area contributed by atoms with Gasteiger partial charge in [0.25, 0.3) is 5.91 Å². The number of para-hydroxylation sites is 1. The maximum atomic E-state index is 12.4. The zero-order valence-corrected chi connectivity index (χ0v) is 12.5. The number of hydrogen-bond acceptors (Lipinski definition) is 3. The van der Waals surface area contributed by atoms with Crippen molar-refractivity contribution in [3.8, 4) is 5.75 Å². The van der Waals surface area contributed by atoms with E-state index < -0.39 is 0 Å². The fourth-order valence-corrected chi connectivity index (χ4v) is 2.40. The molecule has 1 N–H and O–H groups in total. The van der Waals surface area contributed by atoms with E-state index in [-0.39, 0.29) is 17.7 Å². The first kappa shape index (κ1) is 14.2. The summed E-state index contributed by atoms with van der Waals surface area (Å²) in [7, 11) is 1.58. The zero-order valence-electron chi connectivity index (χ0n) is 12.5. The standard InChI is InChI=1S/C18H17NO3/c1-12(13-7-4-3-5-8-13)19-18(20)16-11-14-9-6-10-15(21-2)17(14)22-16/h3-12H,1-2H3,(H,19,20)/t12-/m0/s1. The summed E-state index contributed by atoms with van der Waals surface area (Å²) in [6.07, 6.45) is 0. The van der Waals surface area contributed by atoms with Gasteiger partial charge in [-0.05, 0) is 24.6 Å². The summed E-state index contributed by atoms with van der Waals surface area (Å²) in [6, 6.07) is 17.0. The van der Waals surface area contributed by atoms with Crippen molar-refractivity contribution in [3.05, 3.63) is 65.9 Å². The number of hydrogen-bond donors (Lipinski definition) is 1. The molecule has 4 heteroatoms. The summed E-state index contributed by atoms with van der Waals surface area (Å²) < 4.78 is 10.9. The summed E-state index contributed by atoms with van der Waals surface area (Å²) in [5.74, 6) is 0.657. The van der Waals surface area contributed by atoms with Crippen molar-refractivity contribution in [3.63, 3.8) is 0 Å². The van der Waals surface area contributed by atoms with Crippen LogP contribution in [0.5, 0.6) is 5.75 Å². The predicted molar refractivity (Wildman–Crippen MR) is 85.1 cm³/mol. The van der Waals surface area contributed by atoms with Gasteiger partial charge in [0.1, 0.15) is 0 Å². The van der Waals surface area contributed by atoms with Gasteiger partial charge in [0.15, 0.2) is 17.1 Å². The second-order valence-electron chi connectivity index (χ2n) is 5.10. The molecule has 0 aliphatic carbocycles. The second-order valence-corrected chi connectivity index (χ2v) is 5.10. The fraction of sp³-hybridized carbons (Fsp3) is 0.167.